The smallest absolute Gasteiger partial charge is 0.187 e. The van der Waals surface area contributed by atoms with Gasteiger partial charge in [0, 0.05) is 26.1 Å². The Morgan fingerprint density at radius 3 is 0.734 bits per heavy atom. The van der Waals surface area contributed by atoms with E-state index in [0.717, 1.165) is 0 Å². The quantitative estimate of drug-likeness (QED) is 0.0253. The van der Waals surface area contributed by atoms with E-state index in [1.165, 1.54) is 0 Å². The van der Waals surface area contributed by atoms with E-state index in [-0.39, 0.29) is 38.6 Å². The Hall–Kier alpha value is -2.49. The van der Waals surface area contributed by atoms with Gasteiger partial charge in [0.25, 0.3) is 0 Å². The van der Waals surface area contributed by atoms with Crippen LogP contribution in [0, 0.1) is 0 Å². The number of hydrogen-bond acceptors (Lipinski definition) is 55. The monoisotopic (exact) mass is 1820 g/mol. The molecule has 34 N–H and O–H groups in total. The van der Waals surface area contributed by atoms with Crippen LogP contribution in [-0.4, -0.2) is 577 Å². The van der Waals surface area contributed by atoms with Crippen LogP contribution in [0.2, 0.25) is 0 Å². The topological polar surface area (TPSA) is 876 Å². The van der Waals surface area contributed by atoms with Crippen molar-refractivity contribution in [2.24, 2.45) is 5.73 Å². The fraction of sp³-hybridized carbons (Fsp3) is 0.986. The predicted octanol–water partition coefficient (Wildman–Crippen LogP) is -22.9. The Bertz CT molecular complexity index is 3110. The molecule has 0 aliphatic carbocycles. The summed E-state index contributed by atoms with van der Waals surface area (Å²) in [4.78, 5) is 12.1. The molecule has 10 saturated heterocycles. The van der Waals surface area contributed by atoms with Gasteiger partial charge in [-0.3, -0.25) is 4.79 Å². The molecule has 50 atom stereocenters. The molecular formula is C69H120N2O53. The zero-order valence-corrected chi connectivity index (χ0v) is 66.0. The molecule has 10 aliphatic heterocycles. The van der Waals surface area contributed by atoms with E-state index in [1.54, 1.807) is 0 Å². The number of rotatable bonds is 40. The summed E-state index contributed by atoms with van der Waals surface area (Å²) in [6.07, 6.45) is -108. The van der Waals surface area contributed by atoms with E-state index in [4.69, 9.17) is 105 Å². The summed E-state index contributed by atoms with van der Waals surface area (Å²) in [6.45, 7) is -10.7. The van der Waals surface area contributed by atoms with Crippen molar-refractivity contribution in [2.45, 2.75) is 320 Å². The first-order chi connectivity index (χ1) is 59.1. The van der Waals surface area contributed by atoms with Gasteiger partial charge in [0.15, 0.2) is 62.9 Å². The molecular weight excluding hydrogens is 1700 g/mol. The van der Waals surface area contributed by atoms with E-state index in [0.29, 0.717) is 19.5 Å². The van der Waals surface area contributed by atoms with Crippen LogP contribution in [0.3, 0.4) is 0 Å². The Balaban J connectivity index is 0.865. The summed E-state index contributed by atoms with van der Waals surface area (Å²) in [5.41, 5.74) is 5.43. The summed E-state index contributed by atoms with van der Waals surface area (Å²) in [7, 11) is 0. The lowest BCUT2D eigenvalue weighted by atomic mass is 9.95. The molecule has 20 unspecified atom stereocenters. The number of hydrogen-bond donors (Lipinski definition) is 33. The van der Waals surface area contributed by atoms with E-state index in [9.17, 15) is 163 Å². The molecule has 0 spiro atoms. The van der Waals surface area contributed by atoms with Crippen LogP contribution >= 0.6 is 0 Å². The van der Waals surface area contributed by atoms with Crippen molar-refractivity contribution in [2.75, 3.05) is 106 Å². The minimum absolute atomic E-state index is 0.0922. The average molecular weight is 1830 g/mol. The van der Waals surface area contributed by atoms with Gasteiger partial charge in [-0.1, -0.05) is 0 Å². The maximum absolute atomic E-state index is 12.2. The Labute approximate surface area is 703 Å². The zero-order chi connectivity index (χ0) is 90.7. The molecule has 10 rings (SSSR count). The second-order valence-corrected chi connectivity index (χ2v) is 31.1. The second kappa shape index (κ2) is 47.4. The van der Waals surface area contributed by atoms with Gasteiger partial charge >= 0.3 is 0 Å². The molecule has 10 aliphatic rings. The molecule has 0 aromatic carbocycles. The van der Waals surface area contributed by atoms with Crippen molar-refractivity contribution in [1.29, 1.82) is 0 Å². The van der Waals surface area contributed by atoms with Crippen LogP contribution in [-0.2, 0) is 104 Å². The highest BCUT2D eigenvalue weighted by molar-refractivity contribution is 5.80. The van der Waals surface area contributed by atoms with Gasteiger partial charge in [-0.2, -0.15) is 0 Å². The maximum Gasteiger partial charge on any atom is 0.187 e. The largest absolute Gasteiger partial charge is 0.394 e. The normalized spacial score (nSPS) is 49.3. The van der Waals surface area contributed by atoms with Gasteiger partial charge in [0.1, 0.15) is 250 Å². The number of aliphatic hydroxyl groups is 31. The number of nitrogens with two attached hydrogens (primary N) is 1. The first-order valence-electron chi connectivity index (χ1n) is 40.1. The van der Waals surface area contributed by atoms with Crippen LogP contribution in [0.5, 0.6) is 0 Å². The minimum atomic E-state index is -2.56. The molecule has 0 amide bonds. The maximum atomic E-state index is 12.2. The third-order valence-electron chi connectivity index (χ3n) is 22.8. The Morgan fingerprint density at radius 2 is 0.460 bits per heavy atom. The average Bonchev–Trinajstić information content (AvgIpc) is 0.769. The van der Waals surface area contributed by atoms with Crippen LogP contribution < -0.4 is 11.1 Å². The first kappa shape index (κ1) is 104. The van der Waals surface area contributed by atoms with Crippen LogP contribution in [0.1, 0.15) is 12.8 Å². The molecule has 10 fully saturated rings. The molecule has 0 aromatic heterocycles. The number of ether oxygens (including phenoxy) is 21. The zero-order valence-electron chi connectivity index (χ0n) is 66.0. The highest BCUT2D eigenvalue weighted by Gasteiger charge is 2.62. The highest BCUT2D eigenvalue weighted by atomic mass is 16.8. The summed E-state index contributed by atoms with van der Waals surface area (Å²) in [6, 6.07) is 0. The van der Waals surface area contributed by atoms with E-state index >= 15 is 0 Å². The Kier molecular flexibility index (Phi) is 39.6. The summed E-state index contributed by atoms with van der Waals surface area (Å²) in [5.74, 6) is -0.0922. The highest BCUT2D eigenvalue weighted by Crippen LogP contribution is 2.42. The Morgan fingerprint density at radius 1 is 0.242 bits per heavy atom. The molecule has 10 heterocycles. The van der Waals surface area contributed by atoms with Gasteiger partial charge in [-0.15, -0.1) is 0 Å². The SMILES string of the molecule is NCCNCC(=O)CCCOCCO[C@H]1OC(CO)[C@@H](O)[C@H](O[C@H]2OC(CO)[C@@H](O)[C@H](O[C@H]3OC(CO)[C@@H](O)[C@H](O)C3O[C@H]3OC(CO)[C@@H](O)[C@H](O)C3O[C@H]3OC(CO)[C@@H](O)[C@H](O)C3O[C@H]3OC(CO)[C@@H](O)[C@H](O[C@H]4OC(CO)[C@@H](O)[C@H](O[C@H]5OC(CO)[C@@H](O)[C@H](O)C5O[C@H]5OC(CO)[C@@H](O)[C@H](O)C5O[C@H]5OC(CO)[C@@H](O)[C@H](O)C5O)C4O)C3O)C2O)C1O. The lowest BCUT2D eigenvalue weighted by molar-refractivity contribution is -0.417. The number of ketones is 1. The summed E-state index contributed by atoms with van der Waals surface area (Å²) in [5, 5.41) is 348. The van der Waals surface area contributed by atoms with Crippen LogP contribution in [0.4, 0.5) is 0 Å². The van der Waals surface area contributed by atoms with Gasteiger partial charge in [-0.05, 0) is 6.42 Å². The molecule has 0 saturated carbocycles. The fourth-order valence-electron chi connectivity index (χ4n) is 15.6. The minimum Gasteiger partial charge on any atom is -0.394 e. The molecule has 724 valence electrons. The van der Waals surface area contributed by atoms with Crippen molar-refractivity contribution < 1.29 is 263 Å². The number of carbonyl (C=O) groups excluding carboxylic acids is 1. The summed E-state index contributed by atoms with van der Waals surface area (Å²) >= 11 is 0. The lowest BCUT2D eigenvalue weighted by Crippen LogP contribution is -2.69. The molecule has 0 aromatic rings. The standard InChI is InChI=1S/C69H120N2O53/c70-3-4-71-8-19(82)2-1-5-104-6-7-105-60-47(100)51(36(89)26(15-78)106-60)116-62-49(102)53(38(91)28(17-80)108-62)118-66-58(44(97)34(87)22(11-74)112-66)123-69-59(45(98)35(88)25(14-77)115-69)124-68-56(42(95)32(85)24(13-76)114-68)121-64-48(101)52(37(90)27(16-79)110-64)117-63-50(103)54(39(92)29(18-81)109-63)119-65-57(43(96)33(86)21(10-73)111-65)122-67-55(41(94)31(84)23(12-75)113-67)120-61-46(99)40(93)30(83)20(9-72)107-61/h20-69,71-81,83-103H,1-18,70H2/t20?,21?,22?,23?,24?,25?,26?,27?,28?,29?,30-,31-,32-,33-,34-,35-,36-,37-,38-,39-,40+,41+,42+,43+,44+,45+,46?,47?,48?,49?,50?,51+,52+,53+,54+,55?,56?,57?,58?,59?,60+,61-,62-,63-,64-,65-,66-,67-,68-,69-/m1/s1. The van der Waals surface area contributed by atoms with Crippen molar-refractivity contribution in [3.8, 4) is 0 Å². The number of carbonyl (C=O) groups is 1. The van der Waals surface area contributed by atoms with E-state index in [1.807, 2.05) is 0 Å². The third-order valence-corrected chi connectivity index (χ3v) is 22.8. The van der Waals surface area contributed by atoms with Gasteiger partial charge in [0.2, 0.25) is 0 Å². The van der Waals surface area contributed by atoms with E-state index < -0.39 is 373 Å². The van der Waals surface area contributed by atoms with E-state index in [2.05, 4.69) is 5.32 Å². The molecule has 55 nitrogen and oxygen atoms in total. The van der Waals surface area contributed by atoms with Crippen molar-refractivity contribution in [1.82, 2.24) is 5.32 Å². The lowest BCUT2D eigenvalue weighted by Gasteiger charge is -2.51. The van der Waals surface area contributed by atoms with Gasteiger partial charge < -0.3 is 269 Å². The van der Waals surface area contributed by atoms with Crippen molar-refractivity contribution >= 4 is 5.78 Å². The number of Topliss-reactive ketones (excluding diaryl/α,β-unsaturated/α-hetero) is 1. The van der Waals surface area contributed by atoms with Crippen LogP contribution in [0.15, 0.2) is 0 Å². The van der Waals surface area contributed by atoms with Crippen molar-refractivity contribution in [3.05, 3.63) is 0 Å². The third kappa shape index (κ3) is 23.3. The molecule has 0 bridgehead atoms. The molecule has 55 heteroatoms. The number of nitrogens with one attached hydrogen (secondary N) is 1. The van der Waals surface area contributed by atoms with Gasteiger partial charge in [-0.25, -0.2) is 0 Å². The number of aliphatic hydroxyl groups excluding tert-OH is 31. The second-order valence-electron chi connectivity index (χ2n) is 31.1. The fourth-order valence-corrected chi connectivity index (χ4v) is 15.6. The molecule has 124 heavy (non-hydrogen) atoms. The first-order valence-corrected chi connectivity index (χ1v) is 40.1. The predicted molar refractivity (Wildman–Crippen MR) is 380 cm³/mol. The van der Waals surface area contributed by atoms with Gasteiger partial charge in [0.05, 0.1) is 85.8 Å². The van der Waals surface area contributed by atoms with Crippen molar-refractivity contribution in [3.63, 3.8) is 0 Å². The van der Waals surface area contributed by atoms with Crippen LogP contribution in [0.25, 0.3) is 0 Å². The summed E-state index contributed by atoms with van der Waals surface area (Å²) < 4.78 is 122. The molecule has 0 radical (unpaired) electrons.